The number of ether oxygens (including phenoxy) is 3. The molecule has 1 heterocycles. The molecular formula is C21H28NO6P. The second-order valence-electron chi connectivity index (χ2n) is 6.62. The van der Waals surface area contributed by atoms with Crippen LogP contribution < -0.4 is 14.2 Å². The first kappa shape index (κ1) is 21.7. The molecule has 1 unspecified atom stereocenters. The zero-order chi connectivity index (χ0) is 20.9. The molecule has 0 bridgehead atoms. The molecule has 0 saturated carbocycles. The van der Waals surface area contributed by atoms with Gasteiger partial charge in [-0.3, -0.25) is 9.46 Å². The largest absolute Gasteiger partial charge is 0.497 e. The maximum absolute atomic E-state index is 13.8. The Morgan fingerprint density at radius 1 is 1.03 bits per heavy atom. The predicted molar refractivity (Wildman–Crippen MR) is 111 cm³/mol. The number of benzene rings is 2. The number of fused-ring (bicyclic) bond motifs is 1. The van der Waals surface area contributed by atoms with Crippen LogP contribution in [0.1, 0.15) is 30.8 Å². The van der Waals surface area contributed by atoms with Gasteiger partial charge >= 0.3 is 7.60 Å². The topological polar surface area (TPSA) is 66.5 Å². The SMILES string of the molecule is CCOP(=O)(OCC)C(c1ccc2c(c1)OCO2)N(C)Cc1ccc(OC)cc1. The summed E-state index contributed by atoms with van der Waals surface area (Å²) in [6.07, 6.45) is 0. The zero-order valence-corrected chi connectivity index (χ0v) is 18.2. The highest BCUT2D eigenvalue weighted by Crippen LogP contribution is 2.62. The average Bonchev–Trinajstić information content (AvgIpc) is 3.17. The predicted octanol–water partition coefficient (Wildman–Crippen LogP) is 4.82. The Bertz CT molecular complexity index is 847. The molecular weight excluding hydrogens is 393 g/mol. The first-order valence-electron chi connectivity index (χ1n) is 9.62. The van der Waals surface area contributed by atoms with Crippen molar-refractivity contribution in [2.45, 2.75) is 26.2 Å². The van der Waals surface area contributed by atoms with Crippen LogP contribution in [0.2, 0.25) is 0 Å². The molecule has 0 fully saturated rings. The van der Waals surface area contributed by atoms with Gasteiger partial charge in [-0.05, 0) is 56.3 Å². The Labute approximate surface area is 172 Å². The highest BCUT2D eigenvalue weighted by Gasteiger charge is 2.40. The molecule has 29 heavy (non-hydrogen) atoms. The summed E-state index contributed by atoms with van der Waals surface area (Å²) in [5.74, 6) is 1.50. The molecule has 0 aliphatic carbocycles. The van der Waals surface area contributed by atoms with Crippen LogP contribution in [0.15, 0.2) is 42.5 Å². The van der Waals surface area contributed by atoms with E-state index in [9.17, 15) is 4.57 Å². The monoisotopic (exact) mass is 421 g/mol. The maximum Gasteiger partial charge on any atom is 0.352 e. The van der Waals surface area contributed by atoms with Crippen LogP contribution in [0.25, 0.3) is 0 Å². The second kappa shape index (κ2) is 9.63. The van der Waals surface area contributed by atoms with Crippen LogP contribution in [0.5, 0.6) is 17.2 Å². The Morgan fingerprint density at radius 3 is 2.31 bits per heavy atom. The molecule has 158 valence electrons. The van der Waals surface area contributed by atoms with Gasteiger partial charge < -0.3 is 23.3 Å². The average molecular weight is 421 g/mol. The van der Waals surface area contributed by atoms with Crippen molar-refractivity contribution in [2.24, 2.45) is 0 Å². The molecule has 0 saturated heterocycles. The van der Waals surface area contributed by atoms with Gasteiger partial charge in [0.25, 0.3) is 0 Å². The molecule has 3 rings (SSSR count). The van der Waals surface area contributed by atoms with Crippen LogP contribution in [-0.2, 0) is 20.2 Å². The van der Waals surface area contributed by atoms with E-state index in [1.165, 1.54) is 0 Å². The second-order valence-corrected chi connectivity index (χ2v) is 8.71. The lowest BCUT2D eigenvalue weighted by Crippen LogP contribution is -2.26. The third-order valence-electron chi connectivity index (χ3n) is 4.62. The molecule has 1 aliphatic heterocycles. The van der Waals surface area contributed by atoms with E-state index >= 15 is 0 Å². The van der Waals surface area contributed by atoms with Crippen molar-refractivity contribution in [1.82, 2.24) is 4.90 Å². The van der Waals surface area contributed by atoms with Crippen LogP contribution in [0, 0.1) is 0 Å². The van der Waals surface area contributed by atoms with Crippen molar-refractivity contribution >= 4 is 7.60 Å². The normalized spacial score (nSPS) is 14.2. The molecule has 0 radical (unpaired) electrons. The molecule has 0 N–H and O–H groups in total. The summed E-state index contributed by atoms with van der Waals surface area (Å²) in [6, 6.07) is 13.3. The van der Waals surface area contributed by atoms with Crippen molar-refractivity contribution < 1.29 is 27.8 Å². The summed E-state index contributed by atoms with van der Waals surface area (Å²) in [7, 11) is 0.0631. The Kier molecular flexibility index (Phi) is 7.19. The lowest BCUT2D eigenvalue weighted by molar-refractivity contribution is 0.172. The highest BCUT2D eigenvalue weighted by atomic mass is 31.2. The minimum absolute atomic E-state index is 0.180. The number of rotatable bonds is 10. The van der Waals surface area contributed by atoms with Crippen LogP contribution in [-0.4, -0.2) is 39.1 Å². The van der Waals surface area contributed by atoms with E-state index in [1.807, 2.05) is 68.3 Å². The molecule has 0 amide bonds. The van der Waals surface area contributed by atoms with Gasteiger partial charge in [0.15, 0.2) is 11.5 Å². The molecule has 1 atom stereocenters. The van der Waals surface area contributed by atoms with Gasteiger partial charge in [0, 0.05) is 6.54 Å². The number of hydrogen-bond donors (Lipinski definition) is 0. The summed E-state index contributed by atoms with van der Waals surface area (Å²) in [5, 5.41) is 0. The van der Waals surface area contributed by atoms with Crippen LogP contribution >= 0.6 is 7.60 Å². The van der Waals surface area contributed by atoms with Crippen molar-refractivity contribution in [2.75, 3.05) is 34.2 Å². The lowest BCUT2D eigenvalue weighted by Gasteiger charge is -2.33. The number of methoxy groups -OCH3 is 1. The number of hydrogen-bond acceptors (Lipinski definition) is 7. The summed E-state index contributed by atoms with van der Waals surface area (Å²) in [4.78, 5) is 1.98. The van der Waals surface area contributed by atoms with Gasteiger partial charge in [-0.2, -0.15) is 0 Å². The van der Waals surface area contributed by atoms with E-state index in [-0.39, 0.29) is 20.0 Å². The van der Waals surface area contributed by atoms with Crippen molar-refractivity contribution in [3.63, 3.8) is 0 Å². The first-order chi connectivity index (χ1) is 14.0. The first-order valence-corrected chi connectivity index (χ1v) is 11.2. The summed E-state index contributed by atoms with van der Waals surface area (Å²) < 4.78 is 41.3. The summed E-state index contributed by atoms with van der Waals surface area (Å²) in [5.41, 5.74) is 1.84. The molecule has 2 aromatic rings. The Hall–Kier alpha value is -2.05. The summed E-state index contributed by atoms with van der Waals surface area (Å²) in [6.45, 7) is 4.92. The molecule has 0 spiro atoms. The fraction of sp³-hybridized carbons (Fsp3) is 0.429. The minimum Gasteiger partial charge on any atom is -0.497 e. The van der Waals surface area contributed by atoms with Gasteiger partial charge in [-0.25, -0.2) is 0 Å². The van der Waals surface area contributed by atoms with E-state index in [4.69, 9.17) is 23.3 Å². The third kappa shape index (κ3) is 4.93. The molecule has 8 heteroatoms. The third-order valence-corrected chi connectivity index (χ3v) is 7.15. The van der Waals surface area contributed by atoms with Gasteiger partial charge in [-0.15, -0.1) is 0 Å². The smallest absolute Gasteiger partial charge is 0.352 e. The fourth-order valence-electron chi connectivity index (χ4n) is 3.40. The zero-order valence-electron chi connectivity index (χ0n) is 17.3. The molecule has 2 aromatic carbocycles. The van der Waals surface area contributed by atoms with Gasteiger partial charge in [0.05, 0.1) is 20.3 Å². The van der Waals surface area contributed by atoms with Crippen LogP contribution in [0.3, 0.4) is 0 Å². The van der Waals surface area contributed by atoms with E-state index in [2.05, 4.69) is 0 Å². The molecule has 7 nitrogen and oxygen atoms in total. The van der Waals surface area contributed by atoms with Gasteiger partial charge in [-0.1, -0.05) is 18.2 Å². The minimum atomic E-state index is -3.48. The maximum atomic E-state index is 13.8. The molecule has 1 aliphatic rings. The van der Waals surface area contributed by atoms with Gasteiger partial charge in [0.1, 0.15) is 11.5 Å². The van der Waals surface area contributed by atoms with E-state index in [0.29, 0.717) is 18.0 Å². The number of nitrogens with zero attached hydrogens (tertiary/aromatic N) is 1. The Morgan fingerprint density at radius 2 is 1.69 bits per heavy atom. The van der Waals surface area contributed by atoms with Crippen molar-refractivity contribution in [3.05, 3.63) is 53.6 Å². The molecule has 0 aromatic heterocycles. The summed E-state index contributed by atoms with van der Waals surface area (Å²) >= 11 is 0. The van der Waals surface area contributed by atoms with E-state index < -0.39 is 13.4 Å². The van der Waals surface area contributed by atoms with E-state index in [0.717, 1.165) is 16.9 Å². The quantitative estimate of drug-likeness (QED) is 0.510. The van der Waals surface area contributed by atoms with Crippen molar-refractivity contribution in [1.29, 1.82) is 0 Å². The highest BCUT2D eigenvalue weighted by molar-refractivity contribution is 7.54. The lowest BCUT2D eigenvalue weighted by atomic mass is 10.1. The standard InChI is InChI=1S/C21H28NO6P/c1-5-27-29(23,28-6-2)21(17-9-12-19-20(13-17)26-15-25-19)22(3)14-16-7-10-18(24-4)11-8-16/h7-13,21H,5-6,14-15H2,1-4H3. The Balaban J connectivity index is 1.95. The van der Waals surface area contributed by atoms with Crippen LogP contribution in [0.4, 0.5) is 0 Å². The van der Waals surface area contributed by atoms with E-state index in [1.54, 1.807) is 7.11 Å². The van der Waals surface area contributed by atoms with Crippen molar-refractivity contribution in [3.8, 4) is 17.2 Å². The fourth-order valence-corrected chi connectivity index (χ4v) is 5.56. The van der Waals surface area contributed by atoms with Gasteiger partial charge in [0.2, 0.25) is 6.79 Å².